The fourth-order valence-electron chi connectivity index (χ4n) is 2.73. The molecule has 0 spiro atoms. The van der Waals surface area contributed by atoms with Crippen molar-refractivity contribution in [3.63, 3.8) is 0 Å². The second-order valence-electron chi connectivity index (χ2n) is 5.87. The fourth-order valence-corrected chi connectivity index (χ4v) is 2.73. The molecule has 3 aromatic rings. The van der Waals surface area contributed by atoms with Gasteiger partial charge in [-0.15, -0.1) is 0 Å². The van der Waals surface area contributed by atoms with Crippen LogP contribution in [0.25, 0.3) is 5.69 Å². The molecule has 0 saturated carbocycles. The number of hydrogen-bond donors (Lipinski definition) is 3. The molecule has 5 N–H and O–H groups in total. The maximum Gasteiger partial charge on any atom is 0.221 e. The number of benzene rings is 1. The number of carbonyl (C=O) groups excluding carboxylic acids is 1. The number of aromatic nitrogens is 3. The lowest BCUT2D eigenvalue weighted by Gasteiger charge is -2.16. The van der Waals surface area contributed by atoms with Crippen LogP contribution in [0.3, 0.4) is 0 Å². The van der Waals surface area contributed by atoms with Crippen molar-refractivity contribution in [1.82, 2.24) is 14.5 Å². The van der Waals surface area contributed by atoms with Gasteiger partial charge in [0.1, 0.15) is 5.82 Å². The Labute approximate surface area is 145 Å². The van der Waals surface area contributed by atoms with E-state index in [4.69, 9.17) is 11.5 Å². The number of carbonyl (C=O) groups is 1. The lowest BCUT2D eigenvalue weighted by Crippen LogP contribution is -2.10. The van der Waals surface area contributed by atoms with E-state index in [0.717, 1.165) is 28.1 Å². The van der Waals surface area contributed by atoms with E-state index in [2.05, 4.69) is 21.4 Å². The number of nitrogens with zero attached hydrogens (tertiary/aromatic N) is 3. The number of nitrogens with one attached hydrogen (secondary N) is 1. The summed E-state index contributed by atoms with van der Waals surface area (Å²) in [5, 5.41) is 2.89. The number of rotatable bonds is 4. The average molecular weight is 336 g/mol. The van der Waals surface area contributed by atoms with Crippen LogP contribution in [0, 0.1) is 6.92 Å². The first-order chi connectivity index (χ1) is 11.9. The predicted molar refractivity (Wildman–Crippen MR) is 98.5 cm³/mol. The largest absolute Gasteiger partial charge is 0.383 e. The lowest BCUT2D eigenvalue weighted by atomic mass is 10.0. The minimum atomic E-state index is -0.117. The Balaban J connectivity index is 2.06. The van der Waals surface area contributed by atoms with Crippen molar-refractivity contribution in [2.45, 2.75) is 20.3 Å². The Bertz CT molecular complexity index is 918. The molecule has 3 rings (SSSR count). The highest BCUT2D eigenvalue weighted by atomic mass is 16.1. The Kier molecular flexibility index (Phi) is 4.38. The summed E-state index contributed by atoms with van der Waals surface area (Å²) in [6, 6.07) is 7.92. The molecule has 0 aliphatic heterocycles. The molecule has 0 bridgehead atoms. The minimum absolute atomic E-state index is 0.117. The highest BCUT2D eigenvalue weighted by Crippen LogP contribution is 2.27. The van der Waals surface area contributed by atoms with E-state index in [-0.39, 0.29) is 11.9 Å². The summed E-state index contributed by atoms with van der Waals surface area (Å²) >= 11 is 0. The van der Waals surface area contributed by atoms with Crippen LogP contribution in [0.1, 0.15) is 23.6 Å². The third-order valence-electron chi connectivity index (χ3n) is 3.94. The van der Waals surface area contributed by atoms with Gasteiger partial charge >= 0.3 is 0 Å². The molecule has 1 amide bonds. The molecule has 0 saturated heterocycles. The van der Waals surface area contributed by atoms with Crippen molar-refractivity contribution in [2.24, 2.45) is 0 Å². The molecule has 2 heterocycles. The summed E-state index contributed by atoms with van der Waals surface area (Å²) in [6.07, 6.45) is 6.09. The summed E-state index contributed by atoms with van der Waals surface area (Å²) in [7, 11) is 0. The molecule has 0 atom stereocenters. The Morgan fingerprint density at radius 2 is 1.96 bits per heavy atom. The molecule has 25 heavy (non-hydrogen) atoms. The van der Waals surface area contributed by atoms with Gasteiger partial charge in [-0.3, -0.25) is 4.79 Å². The molecule has 2 aromatic heterocycles. The van der Waals surface area contributed by atoms with Gasteiger partial charge in [0.2, 0.25) is 11.9 Å². The quantitative estimate of drug-likeness (QED) is 0.677. The summed E-state index contributed by atoms with van der Waals surface area (Å²) in [4.78, 5) is 19.6. The van der Waals surface area contributed by atoms with Crippen molar-refractivity contribution < 1.29 is 4.79 Å². The van der Waals surface area contributed by atoms with Crippen molar-refractivity contribution in [3.8, 4) is 5.69 Å². The van der Waals surface area contributed by atoms with Crippen LogP contribution in [0.5, 0.6) is 0 Å². The Morgan fingerprint density at radius 1 is 1.24 bits per heavy atom. The van der Waals surface area contributed by atoms with Gasteiger partial charge in [-0.05, 0) is 42.3 Å². The number of hydrogen-bond acceptors (Lipinski definition) is 5. The van der Waals surface area contributed by atoms with Gasteiger partial charge in [0.25, 0.3) is 0 Å². The highest BCUT2D eigenvalue weighted by Gasteiger charge is 2.12. The fraction of sp³-hybridized carbons (Fsp3) is 0.167. The van der Waals surface area contributed by atoms with Crippen molar-refractivity contribution in [2.75, 3.05) is 16.8 Å². The smallest absolute Gasteiger partial charge is 0.221 e. The van der Waals surface area contributed by atoms with Crippen LogP contribution >= 0.6 is 0 Å². The summed E-state index contributed by atoms with van der Waals surface area (Å²) in [5.41, 5.74) is 16.0. The molecule has 0 aliphatic rings. The van der Waals surface area contributed by atoms with Crippen molar-refractivity contribution in [1.29, 1.82) is 0 Å². The van der Waals surface area contributed by atoms with Crippen molar-refractivity contribution in [3.05, 3.63) is 59.5 Å². The summed E-state index contributed by atoms with van der Waals surface area (Å²) < 4.78 is 2.01. The maximum absolute atomic E-state index is 11.6. The topological polar surface area (TPSA) is 112 Å². The minimum Gasteiger partial charge on any atom is -0.383 e. The molecule has 0 aliphatic carbocycles. The second-order valence-corrected chi connectivity index (χ2v) is 5.87. The lowest BCUT2D eigenvalue weighted by molar-refractivity contribution is -0.114. The summed E-state index contributed by atoms with van der Waals surface area (Å²) in [5.74, 6) is 0.392. The zero-order chi connectivity index (χ0) is 18.0. The predicted octanol–water partition coefficient (Wildman–Crippen LogP) is 2.29. The standard InChI is InChI=1S/C18H20N6O/c1-11-15(22-12(2)25)8-13(9-16(11)24-5-3-4-6-24)7-14-10-21-18(20)23-17(14)19/h3-6,8-10H,7H2,1-2H3,(H,22,25)(H4,19,20,21,23). The van der Waals surface area contributed by atoms with E-state index in [0.29, 0.717) is 12.2 Å². The SMILES string of the molecule is CC(=O)Nc1cc(Cc2cnc(N)nc2N)cc(-n2cccc2)c1C. The number of nitrogens with two attached hydrogens (primary N) is 2. The average Bonchev–Trinajstić information content (AvgIpc) is 3.06. The van der Waals surface area contributed by atoms with Crippen LogP contribution in [0.15, 0.2) is 42.9 Å². The van der Waals surface area contributed by atoms with Gasteiger partial charge in [-0.2, -0.15) is 4.98 Å². The van der Waals surface area contributed by atoms with Gasteiger partial charge in [0, 0.05) is 43.2 Å². The van der Waals surface area contributed by atoms with Gasteiger partial charge < -0.3 is 21.4 Å². The Hall–Kier alpha value is -3.35. The number of anilines is 3. The first-order valence-corrected chi connectivity index (χ1v) is 7.85. The molecule has 1 aromatic carbocycles. The first kappa shape index (κ1) is 16.5. The van der Waals surface area contributed by atoms with Crippen LogP contribution in [-0.2, 0) is 11.2 Å². The van der Waals surface area contributed by atoms with Crippen LogP contribution in [-0.4, -0.2) is 20.4 Å². The van der Waals surface area contributed by atoms with Crippen LogP contribution < -0.4 is 16.8 Å². The van der Waals surface area contributed by atoms with Gasteiger partial charge in [-0.25, -0.2) is 4.98 Å². The third-order valence-corrected chi connectivity index (χ3v) is 3.94. The third kappa shape index (κ3) is 3.60. The van der Waals surface area contributed by atoms with Gasteiger partial charge in [0.15, 0.2) is 0 Å². The van der Waals surface area contributed by atoms with E-state index in [1.807, 2.05) is 42.1 Å². The van der Waals surface area contributed by atoms with Gasteiger partial charge in [0.05, 0.1) is 5.69 Å². The Morgan fingerprint density at radius 3 is 2.60 bits per heavy atom. The van der Waals surface area contributed by atoms with E-state index in [1.165, 1.54) is 6.92 Å². The van der Waals surface area contributed by atoms with E-state index >= 15 is 0 Å². The molecular formula is C18H20N6O. The molecule has 128 valence electrons. The van der Waals surface area contributed by atoms with Crippen LogP contribution in [0.2, 0.25) is 0 Å². The van der Waals surface area contributed by atoms with Gasteiger partial charge in [-0.1, -0.05) is 0 Å². The van der Waals surface area contributed by atoms with E-state index in [1.54, 1.807) is 6.20 Å². The molecule has 0 radical (unpaired) electrons. The molecular weight excluding hydrogens is 316 g/mol. The zero-order valence-corrected chi connectivity index (χ0v) is 14.2. The summed E-state index contributed by atoms with van der Waals surface area (Å²) in [6.45, 7) is 3.47. The van der Waals surface area contributed by atoms with Crippen molar-refractivity contribution >= 4 is 23.4 Å². The number of amides is 1. The monoisotopic (exact) mass is 336 g/mol. The molecule has 7 nitrogen and oxygen atoms in total. The normalized spacial score (nSPS) is 10.6. The van der Waals surface area contributed by atoms with E-state index < -0.39 is 0 Å². The molecule has 0 fully saturated rings. The van der Waals surface area contributed by atoms with E-state index in [9.17, 15) is 4.79 Å². The number of nitrogen functional groups attached to an aromatic ring is 2. The molecule has 7 heteroatoms. The maximum atomic E-state index is 11.6. The molecule has 0 unspecified atom stereocenters. The highest BCUT2D eigenvalue weighted by molar-refractivity contribution is 5.90. The first-order valence-electron chi connectivity index (χ1n) is 7.85. The second kappa shape index (κ2) is 6.64. The van der Waals surface area contributed by atoms with Crippen LogP contribution in [0.4, 0.5) is 17.5 Å². The zero-order valence-electron chi connectivity index (χ0n) is 14.2.